The summed E-state index contributed by atoms with van der Waals surface area (Å²) in [6, 6.07) is 8.15. The molecule has 1 heterocycles. The minimum Gasteiger partial charge on any atom is -0.491 e. The number of β-amino-alcohol motifs (C(OH)–C–C–N with tert-alkyl or cyclic N) is 1. The zero-order chi connectivity index (χ0) is 18.6. The Morgan fingerprint density at radius 3 is 2.73 bits per heavy atom. The zero-order valence-electron chi connectivity index (χ0n) is 16.3. The van der Waals surface area contributed by atoms with Crippen LogP contribution in [0.1, 0.15) is 18.9 Å². The Morgan fingerprint density at radius 2 is 2.00 bits per heavy atom. The molecule has 1 atom stereocenters. The van der Waals surface area contributed by atoms with Crippen LogP contribution in [0.15, 0.2) is 24.3 Å². The molecule has 26 heavy (non-hydrogen) atoms. The number of nitrogens with one attached hydrogen (secondary N) is 1. The Bertz CT molecular complexity index is 496. The van der Waals surface area contributed by atoms with Crippen LogP contribution in [0, 0.1) is 0 Å². The minimum absolute atomic E-state index is 0.346. The zero-order valence-corrected chi connectivity index (χ0v) is 17.1. The Labute approximate surface area is 163 Å². The van der Waals surface area contributed by atoms with E-state index in [0.29, 0.717) is 13.2 Å². The van der Waals surface area contributed by atoms with Gasteiger partial charge in [0.05, 0.1) is 0 Å². The summed E-state index contributed by atoms with van der Waals surface area (Å²) in [6.45, 7) is 10.5. The second-order valence-electron chi connectivity index (χ2n) is 6.87. The van der Waals surface area contributed by atoms with Crippen molar-refractivity contribution in [1.82, 2.24) is 15.1 Å². The van der Waals surface area contributed by atoms with Gasteiger partial charge < -0.3 is 20.1 Å². The van der Waals surface area contributed by atoms with Gasteiger partial charge >= 0.3 is 0 Å². The quantitative estimate of drug-likeness (QED) is 0.540. The fourth-order valence-corrected chi connectivity index (χ4v) is 3.58. The number of thioether (sulfide) groups is 1. The summed E-state index contributed by atoms with van der Waals surface area (Å²) >= 11 is 1.88. The molecule has 0 amide bonds. The highest BCUT2D eigenvalue weighted by Crippen LogP contribution is 2.14. The number of likely N-dealkylation sites (N-methyl/N-ethyl adjacent to an activating group) is 1. The number of ether oxygens (including phenoxy) is 1. The van der Waals surface area contributed by atoms with Crippen molar-refractivity contribution in [3.63, 3.8) is 0 Å². The number of hydrogen-bond acceptors (Lipinski definition) is 6. The van der Waals surface area contributed by atoms with Gasteiger partial charge in [0.1, 0.15) is 18.5 Å². The van der Waals surface area contributed by atoms with E-state index in [4.69, 9.17) is 4.74 Å². The maximum atomic E-state index is 10.3. The van der Waals surface area contributed by atoms with Gasteiger partial charge in [-0.25, -0.2) is 0 Å². The smallest absolute Gasteiger partial charge is 0.119 e. The molecular weight excluding hydrogens is 346 g/mol. The molecule has 0 saturated carbocycles. The lowest BCUT2D eigenvalue weighted by molar-refractivity contribution is 0.0471. The van der Waals surface area contributed by atoms with E-state index in [0.717, 1.165) is 51.6 Å². The molecule has 6 heteroatoms. The number of nitrogens with zero attached hydrogens (tertiary/aromatic N) is 2. The maximum Gasteiger partial charge on any atom is 0.119 e. The standard InChI is InChI=1S/C20H35N3O2S/c1-3-22-9-11-23(12-10-22)16-19(24)17-25-20-7-4-6-18(14-20)15-21-8-5-13-26-2/h4,6-7,14,19,21,24H,3,5,8-13,15-17H2,1-2H3/t19-/m1/s1. The first-order chi connectivity index (χ1) is 12.7. The van der Waals surface area contributed by atoms with Crippen molar-refractivity contribution in [3.8, 4) is 5.75 Å². The van der Waals surface area contributed by atoms with Gasteiger partial charge in [-0.15, -0.1) is 0 Å². The lowest BCUT2D eigenvalue weighted by Gasteiger charge is -2.34. The molecule has 1 aromatic carbocycles. The predicted molar refractivity (Wildman–Crippen MR) is 111 cm³/mol. The molecule has 2 rings (SSSR count). The third-order valence-electron chi connectivity index (χ3n) is 4.75. The monoisotopic (exact) mass is 381 g/mol. The largest absolute Gasteiger partial charge is 0.491 e. The molecule has 0 spiro atoms. The molecule has 0 aromatic heterocycles. The Hall–Kier alpha value is -0.790. The normalized spacial score (nSPS) is 17.3. The van der Waals surface area contributed by atoms with Gasteiger partial charge in [0.2, 0.25) is 0 Å². The molecule has 1 aromatic rings. The van der Waals surface area contributed by atoms with E-state index >= 15 is 0 Å². The summed E-state index contributed by atoms with van der Waals surface area (Å²) in [4.78, 5) is 4.77. The lowest BCUT2D eigenvalue weighted by Crippen LogP contribution is -2.49. The average molecular weight is 382 g/mol. The van der Waals surface area contributed by atoms with Gasteiger partial charge in [-0.05, 0) is 49.2 Å². The second-order valence-corrected chi connectivity index (χ2v) is 7.86. The first-order valence-electron chi connectivity index (χ1n) is 9.75. The van der Waals surface area contributed by atoms with E-state index in [1.54, 1.807) is 0 Å². The van der Waals surface area contributed by atoms with Crippen LogP contribution >= 0.6 is 11.8 Å². The van der Waals surface area contributed by atoms with Crippen LogP contribution in [0.4, 0.5) is 0 Å². The van der Waals surface area contributed by atoms with E-state index in [2.05, 4.69) is 40.4 Å². The van der Waals surface area contributed by atoms with Gasteiger partial charge in [-0.1, -0.05) is 19.1 Å². The van der Waals surface area contributed by atoms with Crippen LogP contribution in [-0.4, -0.2) is 85.4 Å². The molecular formula is C20H35N3O2S. The molecule has 0 aliphatic carbocycles. The predicted octanol–water partition coefficient (Wildman–Crippen LogP) is 1.91. The molecule has 5 nitrogen and oxygen atoms in total. The summed E-state index contributed by atoms with van der Waals surface area (Å²) in [7, 11) is 0. The summed E-state index contributed by atoms with van der Waals surface area (Å²) in [5.74, 6) is 2.03. The maximum absolute atomic E-state index is 10.3. The fraction of sp³-hybridized carbons (Fsp3) is 0.700. The van der Waals surface area contributed by atoms with Crippen molar-refractivity contribution in [2.24, 2.45) is 0 Å². The molecule has 0 unspecified atom stereocenters. The molecule has 1 aliphatic rings. The fourth-order valence-electron chi connectivity index (χ4n) is 3.15. The average Bonchev–Trinajstić information content (AvgIpc) is 2.67. The highest BCUT2D eigenvalue weighted by Gasteiger charge is 2.18. The van der Waals surface area contributed by atoms with Crippen LogP contribution in [0.25, 0.3) is 0 Å². The summed E-state index contributed by atoms with van der Waals surface area (Å²) in [6.07, 6.45) is 2.88. The van der Waals surface area contributed by atoms with Crippen LogP contribution in [-0.2, 0) is 6.54 Å². The summed E-state index contributed by atoms with van der Waals surface area (Å²) in [5.41, 5.74) is 1.22. The first-order valence-corrected chi connectivity index (χ1v) is 11.1. The van der Waals surface area contributed by atoms with Gasteiger partial charge in [0.15, 0.2) is 0 Å². The van der Waals surface area contributed by atoms with Gasteiger partial charge in [0, 0.05) is 39.3 Å². The van der Waals surface area contributed by atoms with Crippen LogP contribution < -0.4 is 10.1 Å². The third-order valence-corrected chi connectivity index (χ3v) is 5.45. The van der Waals surface area contributed by atoms with Crippen molar-refractivity contribution >= 4 is 11.8 Å². The molecule has 2 N–H and O–H groups in total. The van der Waals surface area contributed by atoms with Crippen LogP contribution in [0.3, 0.4) is 0 Å². The molecule has 0 radical (unpaired) electrons. The van der Waals surface area contributed by atoms with E-state index in [1.807, 2.05) is 23.9 Å². The summed E-state index contributed by atoms with van der Waals surface area (Å²) < 4.78 is 5.82. The van der Waals surface area contributed by atoms with E-state index in [1.165, 1.54) is 17.7 Å². The van der Waals surface area contributed by atoms with E-state index in [-0.39, 0.29) is 0 Å². The summed E-state index contributed by atoms with van der Waals surface area (Å²) in [5, 5.41) is 13.7. The van der Waals surface area contributed by atoms with Crippen molar-refractivity contribution in [3.05, 3.63) is 29.8 Å². The van der Waals surface area contributed by atoms with Crippen molar-refractivity contribution in [2.75, 3.05) is 64.4 Å². The SMILES string of the molecule is CCN1CCN(C[C@@H](O)COc2cccc(CNCCCSC)c2)CC1. The lowest BCUT2D eigenvalue weighted by atomic mass is 10.2. The van der Waals surface area contributed by atoms with Gasteiger partial charge in [0.25, 0.3) is 0 Å². The highest BCUT2D eigenvalue weighted by atomic mass is 32.2. The molecule has 1 aliphatic heterocycles. The number of rotatable bonds is 12. The Morgan fingerprint density at radius 1 is 1.23 bits per heavy atom. The molecule has 148 valence electrons. The Balaban J connectivity index is 1.66. The highest BCUT2D eigenvalue weighted by molar-refractivity contribution is 7.98. The van der Waals surface area contributed by atoms with Crippen molar-refractivity contribution in [2.45, 2.75) is 26.0 Å². The van der Waals surface area contributed by atoms with Crippen LogP contribution in [0.2, 0.25) is 0 Å². The third kappa shape index (κ3) is 8.27. The van der Waals surface area contributed by atoms with E-state index in [9.17, 15) is 5.11 Å². The topological polar surface area (TPSA) is 48.0 Å². The minimum atomic E-state index is -0.448. The van der Waals surface area contributed by atoms with Crippen molar-refractivity contribution in [1.29, 1.82) is 0 Å². The van der Waals surface area contributed by atoms with Gasteiger partial charge in [-0.3, -0.25) is 4.90 Å². The van der Waals surface area contributed by atoms with Gasteiger partial charge in [-0.2, -0.15) is 11.8 Å². The second kappa shape index (κ2) is 12.6. The van der Waals surface area contributed by atoms with Crippen molar-refractivity contribution < 1.29 is 9.84 Å². The number of benzene rings is 1. The number of aliphatic hydroxyl groups excluding tert-OH is 1. The first kappa shape index (κ1) is 21.5. The number of hydrogen-bond donors (Lipinski definition) is 2. The van der Waals surface area contributed by atoms with E-state index < -0.39 is 6.10 Å². The Kier molecular flexibility index (Phi) is 10.4. The number of aliphatic hydroxyl groups is 1. The molecule has 0 bridgehead atoms. The molecule has 1 fully saturated rings. The number of piperazine rings is 1. The van der Waals surface area contributed by atoms with Crippen LogP contribution in [0.5, 0.6) is 5.75 Å². The molecule has 1 saturated heterocycles.